The second-order valence-corrected chi connectivity index (χ2v) is 6.22. The first kappa shape index (κ1) is 17.6. The zero-order chi connectivity index (χ0) is 17.9. The average Bonchev–Trinajstić information content (AvgIpc) is 2.86. The summed E-state index contributed by atoms with van der Waals surface area (Å²) in [6, 6.07) is 4.67. The van der Waals surface area contributed by atoms with E-state index in [1.165, 1.54) is 19.2 Å². The molecule has 0 amide bonds. The van der Waals surface area contributed by atoms with Crippen molar-refractivity contribution in [2.45, 2.75) is 11.3 Å². The van der Waals surface area contributed by atoms with Crippen LogP contribution in [0.5, 0.6) is 5.75 Å². The number of hydrogen-bond acceptors (Lipinski definition) is 6. The Kier molecular flexibility index (Phi) is 4.97. The summed E-state index contributed by atoms with van der Waals surface area (Å²) in [5.41, 5.74) is -0.502. The van der Waals surface area contributed by atoms with Crippen molar-refractivity contribution in [1.29, 1.82) is 0 Å². The number of aromatic nitrogens is 2. The maximum atomic E-state index is 12.3. The predicted molar refractivity (Wildman–Crippen MR) is 78.6 cm³/mol. The van der Waals surface area contributed by atoms with Gasteiger partial charge in [0.15, 0.2) is 0 Å². The van der Waals surface area contributed by atoms with Crippen LogP contribution in [0, 0.1) is 10.1 Å². The molecule has 0 aliphatic heterocycles. The molecule has 0 spiro atoms. The van der Waals surface area contributed by atoms with Crippen LogP contribution >= 0.6 is 0 Å². The SMILES string of the molecule is Cn1ncc([N+](=O)[O-])c1NS(=O)(=O)c1ccc(OCC(F)F)cc1. The molecule has 0 fully saturated rings. The van der Waals surface area contributed by atoms with E-state index in [4.69, 9.17) is 4.74 Å². The van der Waals surface area contributed by atoms with Gasteiger partial charge in [0.1, 0.15) is 18.6 Å². The molecule has 0 atom stereocenters. The molecule has 130 valence electrons. The van der Waals surface area contributed by atoms with Gasteiger partial charge in [0.25, 0.3) is 16.4 Å². The van der Waals surface area contributed by atoms with E-state index in [2.05, 4.69) is 9.82 Å². The molecule has 2 aromatic rings. The monoisotopic (exact) mass is 362 g/mol. The van der Waals surface area contributed by atoms with Crippen LogP contribution in [0.15, 0.2) is 35.4 Å². The molecule has 1 aromatic carbocycles. The Morgan fingerprint density at radius 2 is 2.00 bits per heavy atom. The van der Waals surface area contributed by atoms with E-state index in [9.17, 15) is 27.3 Å². The van der Waals surface area contributed by atoms with Gasteiger partial charge in [-0.3, -0.25) is 14.8 Å². The molecular formula is C12H12F2N4O5S. The van der Waals surface area contributed by atoms with Gasteiger partial charge in [-0.05, 0) is 24.3 Å². The van der Waals surface area contributed by atoms with Crippen LogP contribution in [0.3, 0.4) is 0 Å². The number of rotatable bonds is 7. The number of halogens is 2. The van der Waals surface area contributed by atoms with Crippen molar-refractivity contribution >= 4 is 21.5 Å². The maximum absolute atomic E-state index is 12.3. The van der Waals surface area contributed by atoms with Crippen molar-refractivity contribution in [3.63, 3.8) is 0 Å². The summed E-state index contributed by atoms with van der Waals surface area (Å²) in [6.07, 6.45) is -1.74. The summed E-state index contributed by atoms with van der Waals surface area (Å²) in [7, 11) is -2.79. The highest BCUT2D eigenvalue weighted by molar-refractivity contribution is 7.92. The lowest BCUT2D eigenvalue weighted by atomic mass is 10.3. The molecule has 0 saturated carbocycles. The van der Waals surface area contributed by atoms with Crippen molar-refractivity contribution in [3.05, 3.63) is 40.6 Å². The van der Waals surface area contributed by atoms with Gasteiger partial charge >= 0.3 is 5.69 Å². The number of nitrogens with one attached hydrogen (secondary N) is 1. The van der Waals surface area contributed by atoms with Crippen molar-refractivity contribution in [3.8, 4) is 5.75 Å². The third-order valence-corrected chi connectivity index (χ3v) is 4.21. The molecule has 0 saturated heterocycles. The highest BCUT2D eigenvalue weighted by Crippen LogP contribution is 2.26. The summed E-state index contributed by atoms with van der Waals surface area (Å²) < 4.78 is 56.5. The molecule has 0 aliphatic rings. The Balaban J connectivity index is 2.22. The van der Waals surface area contributed by atoms with Crippen LogP contribution in [0.1, 0.15) is 0 Å². The second kappa shape index (κ2) is 6.78. The highest BCUT2D eigenvalue weighted by Gasteiger charge is 2.25. The minimum absolute atomic E-state index is 0.0702. The van der Waals surface area contributed by atoms with E-state index in [0.717, 1.165) is 23.0 Å². The summed E-state index contributed by atoms with van der Waals surface area (Å²) in [6.45, 7) is -0.814. The van der Waals surface area contributed by atoms with Gasteiger partial charge in [0, 0.05) is 7.05 Å². The zero-order valence-corrected chi connectivity index (χ0v) is 13.0. The second-order valence-electron chi connectivity index (χ2n) is 4.54. The lowest BCUT2D eigenvalue weighted by molar-refractivity contribution is -0.384. The number of nitrogens with zero attached hydrogens (tertiary/aromatic N) is 3. The van der Waals surface area contributed by atoms with Crippen LogP contribution < -0.4 is 9.46 Å². The van der Waals surface area contributed by atoms with Crippen LogP contribution in [-0.4, -0.2) is 36.2 Å². The molecule has 0 radical (unpaired) electrons. The van der Waals surface area contributed by atoms with Crippen molar-refractivity contribution in [2.24, 2.45) is 7.05 Å². The van der Waals surface area contributed by atoms with Crippen molar-refractivity contribution in [2.75, 3.05) is 11.3 Å². The Bertz CT molecular complexity index is 836. The van der Waals surface area contributed by atoms with Gasteiger partial charge < -0.3 is 4.74 Å². The van der Waals surface area contributed by atoms with E-state index in [1.54, 1.807) is 0 Å². The zero-order valence-electron chi connectivity index (χ0n) is 12.2. The fraction of sp³-hybridized carbons (Fsp3) is 0.250. The minimum atomic E-state index is -4.13. The molecule has 24 heavy (non-hydrogen) atoms. The third-order valence-electron chi connectivity index (χ3n) is 2.86. The Hall–Kier alpha value is -2.76. The van der Waals surface area contributed by atoms with Crippen molar-refractivity contribution in [1.82, 2.24) is 9.78 Å². The van der Waals surface area contributed by atoms with E-state index >= 15 is 0 Å². The molecule has 12 heteroatoms. The Labute approximate surface area is 135 Å². The lowest BCUT2D eigenvalue weighted by Gasteiger charge is -2.09. The molecule has 1 N–H and O–H groups in total. The fourth-order valence-electron chi connectivity index (χ4n) is 1.74. The standard InChI is InChI=1S/C12H12F2N4O5S/c1-17-12(10(6-15-17)18(19)20)16-24(21,22)9-4-2-8(3-5-9)23-7-11(13)14/h2-6,11,16H,7H2,1H3. The van der Waals surface area contributed by atoms with Crippen LogP contribution in [-0.2, 0) is 17.1 Å². The van der Waals surface area contributed by atoms with Crippen LogP contribution in [0.25, 0.3) is 0 Å². The predicted octanol–water partition coefficient (Wildman–Crippen LogP) is 1.77. The number of sulfonamides is 1. The number of hydrogen-bond donors (Lipinski definition) is 1. The van der Waals surface area contributed by atoms with Crippen LogP contribution in [0.2, 0.25) is 0 Å². The molecule has 2 rings (SSSR count). The van der Waals surface area contributed by atoms with Gasteiger partial charge in [0.05, 0.1) is 9.82 Å². The first-order valence-electron chi connectivity index (χ1n) is 6.41. The normalized spacial score (nSPS) is 11.5. The fourth-order valence-corrected chi connectivity index (χ4v) is 2.84. The number of nitro groups is 1. The molecule has 9 nitrogen and oxygen atoms in total. The molecular weight excluding hydrogens is 350 g/mol. The minimum Gasteiger partial charge on any atom is -0.488 e. The van der Waals surface area contributed by atoms with Gasteiger partial charge in [-0.15, -0.1) is 0 Å². The topological polar surface area (TPSA) is 116 Å². The van der Waals surface area contributed by atoms with E-state index in [0.29, 0.717) is 0 Å². The van der Waals surface area contributed by atoms with E-state index in [1.807, 2.05) is 0 Å². The van der Waals surface area contributed by atoms with Crippen LogP contribution in [0.4, 0.5) is 20.3 Å². The Morgan fingerprint density at radius 1 is 1.38 bits per heavy atom. The van der Waals surface area contributed by atoms with Gasteiger partial charge in [-0.1, -0.05) is 0 Å². The number of alkyl halides is 2. The average molecular weight is 362 g/mol. The molecule has 0 aliphatic carbocycles. The summed E-state index contributed by atoms with van der Waals surface area (Å²) in [5, 5.41) is 14.5. The molecule has 1 heterocycles. The summed E-state index contributed by atoms with van der Waals surface area (Å²) >= 11 is 0. The highest BCUT2D eigenvalue weighted by atomic mass is 32.2. The third kappa shape index (κ3) is 3.95. The largest absolute Gasteiger partial charge is 0.488 e. The number of aryl methyl sites for hydroxylation is 1. The first-order valence-corrected chi connectivity index (χ1v) is 7.89. The number of benzene rings is 1. The maximum Gasteiger partial charge on any atom is 0.331 e. The number of ether oxygens (including phenoxy) is 1. The van der Waals surface area contributed by atoms with Crippen molar-refractivity contribution < 1.29 is 26.9 Å². The summed E-state index contributed by atoms with van der Waals surface area (Å²) in [5.74, 6) is -0.237. The molecule has 1 aromatic heterocycles. The van der Waals surface area contributed by atoms with E-state index < -0.39 is 33.7 Å². The molecule has 0 bridgehead atoms. The quantitative estimate of drug-likeness (QED) is 0.593. The smallest absolute Gasteiger partial charge is 0.331 e. The number of anilines is 1. The Morgan fingerprint density at radius 3 is 2.54 bits per heavy atom. The van der Waals surface area contributed by atoms with Gasteiger partial charge in [-0.25, -0.2) is 21.9 Å². The first-order chi connectivity index (χ1) is 11.2. The molecule has 0 unspecified atom stereocenters. The van der Waals surface area contributed by atoms with Gasteiger partial charge in [-0.2, -0.15) is 5.10 Å². The summed E-state index contributed by atoms with van der Waals surface area (Å²) in [4.78, 5) is 9.88. The van der Waals surface area contributed by atoms with E-state index in [-0.39, 0.29) is 16.5 Å². The van der Waals surface area contributed by atoms with Gasteiger partial charge in [0.2, 0.25) is 5.82 Å². The lowest BCUT2D eigenvalue weighted by Crippen LogP contribution is -2.16.